The summed E-state index contributed by atoms with van der Waals surface area (Å²) in [7, 11) is 1.93. The molecule has 0 spiro atoms. The first-order valence-corrected chi connectivity index (χ1v) is 6.12. The topological polar surface area (TPSA) is 43.8 Å². The number of hydrogen-bond acceptors (Lipinski definition) is 2. The Kier molecular flexibility index (Phi) is 2.45. The van der Waals surface area contributed by atoms with E-state index in [0.29, 0.717) is 6.54 Å². The summed E-state index contributed by atoms with van der Waals surface area (Å²) in [6.45, 7) is 0.572. The molecule has 0 aliphatic heterocycles. The number of aromatic nitrogens is 2. The largest absolute Gasteiger partial charge is 0.327 e. The Morgan fingerprint density at radius 2 is 2.35 bits per heavy atom. The van der Waals surface area contributed by atoms with Gasteiger partial charge in [0, 0.05) is 30.2 Å². The van der Waals surface area contributed by atoms with Gasteiger partial charge in [-0.05, 0) is 35.6 Å². The molecule has 3 nitrogen and oxygen atoms in total. The average molecular weight is 248 g/mol. The minimum absolute atomic E-state index is 0.572. The van der Waals surface area contributed by atoms with Gasteiger partial charge in [-0.15, -0.1) is 0 Å². The van der Waals surface area contributed by atoms with Crippen molar-refractivity contribution in [2.75, 3.05) is 6.54 Å². The van der Waals surface area contributed by atoms with Gasteiger partial charge in [0.2, 0.25) is 0 Å². The quantitative estimate of drug-likeness (QED) is 0.842. The first kappa shape index (κ1) is 10.8. The number of rotatable bonds is 1. The summed E-state index contributed by atoms with van der Waals surface area (Å²) in [6.07, 6.45) is 6.18. The number of nitrogens with two attached hydrogens (primary N) is 1. The van der Waals surface area contributed by atoms with Crippen LogP contribution < -0.4 is 5.73 Å². The third-order valence-electron chi connectivity index (χ3n) is 3.31. The maximum absolute atomic E-state index is 6.32. The standard InChI is InChI=1S/C13H14ClN3/c1-17-7-10-12(16-17)6-11(14)9-3-2-8(4-5-15)13(9)10/h4,6-7H,2-3,5,15H2,1H3. The minimum atomic E-state index is 0.572. The molecule has 3 rings (SSSR count). The van der Waals surface area contributed by atoms with E-state index >= 15 is 0 Å². The molecule has 1 aliphatic rings. The molecule has 1 heterocycles. The molecule has 1 aromatic heterocycles. The van der Waals surface area contributed by atoms with E-state index in [1.807, 2.05) is 17.8 Å². The summed E-state index contributed by atoms with van der Waals surface area (Å²) in [5.74, 6) is 0. The van der Waals surface area contributed by atoms with E-state index in [0.717, 1.165) is 23.4 Å². The van der Waals surface area contributed by atoms with Crippen LogP contribution in [-0.2, 0) is 13.5 Å². The third kappa shape index (κ3) is 1.58. The first-order chi connectivity index (χ1) is 8.20. The van der Waals surface area contributed by atoms with E-state index in [1.54, 1.807) is 0 Å². The van der Waals surface area contributed by atoms with Crippen molar-refractivity contribution >= 4 is 28.1 Å². The van der Waals surface area contributed by atoms with Crippen LogP contribution in [0.1, 0.15) is 17.5 Å². The summed E-state index contributed by atoms with van der Waals surface area (Å²) in [5, 5.41) is 6.43. The van der Waals surface area contributed by atoms with E-state index in [1.165, 1.54) is 22.1 Å². The van der Waals surface area contributed by atoms with E-state index < -0.39 is 0 Å². The molecule has 0 amide bonds. The molecule has 2 aromatic rings. The summed E-state index contributed by atoms with van der Waals surface area (Å²) in [5.41, 5.74) is 10.4. The van der Waals surface area contributed by atoms with Crippen LogP contribution >= 0.6 is 11.6 Å². The molecule has 0 radical (unpaired) electrons. The monoisotopic (exact) mass is 247 g/mol. The minimum Gasteiger partial charge on any atom is -0.327 e. The second-order valence-corrected chi connectivity index (χ2v) is 4.82. The molecule has 1 aromatic carbocycles. The lowest BCUT2D eigenvalue weighted by Gasteiger charge is -2.04. The Hall–Kier alpha value is -1.32. The fourth-order valence-electron chi connectivity index (χ4n) is 2.64. The second kappa shape index (κ2) is 3.86. The number of nitrogens with zero attached hydrogens (tertiary/aromatic N) is 2. The van der Waals surface area contributed by atoms with Gasteiger partial charge in [-0.1, -0.05) is 17.7 Å². The molecular weight excluding hydrogens is 234 g/mol. The average Bonchev–Trinajstić information content (AvgIpc) is 2.82. The highest BCUT2D eigenvalue weighted by molar-refractivity contribution is 6.32. The molecule has 0 atom stereocenters. The summed E-state index contributed by atoms with van der Waals surface area (Å²) in [4.78, 5) is 0. The predicted molar refractivity (Wildman–Crippen MR) is 71.1 cm³/mol. The first-order valence-electron chi connectivity index (χ1n) is 5.75. The van der Waals surface area contributed by atoms with Crippen molar-refractivity contribution < 1.29 is 0 Å². The second-order valence-electron chi connectivity index (χ2n) is 4.41. The molecule has 0 saturated carbocycles. The van der Waals surface area contributed by atoms with Crippen LogP contribution in [0.5, 0.6) is 0 Å². The van der Waals surface area contributed by atoms with Crippen molar-refractivity contribution in [3.05, 3.63) is 34.5 Å². The number of benzene rings is 1. The Bertz CT molecular complexity index is 625. The maximum atomic E-state index is 6.32. The Labute approximate surface area is 105 Å². The molecule has 4 heteroatoms. The van der Waals surface area contributed by atoms with Gasteiger partial charge in [0.25, 0.3) is 0 Å². The highest BCUT2D eigenvalue weighted by Crippen LogP contribution is 2.41. The highest BCUT2D eigenvalue weighted by Gasteiger charge is 2.22. The summed E-state index contributed by atoms with van der Waals surface area (Å²) >= 11 is 6.32. The predicted octanol–water partition coefficient (Wildman–Crippen LogP) is 2.51. The van der Waals surface area contributed by atoms with Crippen LogP contribution in [0, 0.1) is 0 Å². The molecule has 1 aliphatic carbocycles. The molecule has 2 N–H and O–H groups in total. The van der Waals surface area contributed by atoms with Crippen molar-refractivity contribution in [2.45, 2.75) is 12.8 Å². The van der Waals surface area contributed by atoms with E-state index in [-0.39, 0.29) is 0 Å². The molecule has 0 saturated heterocycles. The third-order valence-corrected chi connectivity index (χ3v) is 3.65. The lowest BCUT2D eigenvalue weighted by Crippen LogP contribution is -1.94. The van der Waals surface area contributed by atoms with E-state index in [2.05, 4.69) is 17.4 Å². The van der Waals surface area contributed by atoms with Crippen LogP contribution in [0.3, 0.4) is 0 Å². The zero-order valence-electron chi connectivity index (χ0n) is 9.70. The molecule has 0 fully saturated rings. The molecule has 88 valence electrons. The van der Waals surface area contributed by atoms with Gasteiger partial charge >= 0.3 is 0 Å². The number of hydrogen-bond donors (Lipinski definition) is 1. The highest BCUT2D eigenvalue weighted by atomic mass is 35.5. The van der Waals surface area contributed by atoms with Crippen LogP contribution in [0.2, 0.25) is 5.02 Å². The van der Waals surface area contributed by atoms with Crippen molar-refractivity contribution in [2.24, 2.45) is 12.8 Å². The van der Waals surface area contributed by atoms with Crippen LogP contribution in [-0.4, -0.2) is 16.3 Å². The summed E-state index contributed by atoms with van der Waals surface area (Å²) in [6, 6.07) is 1.96. The Morgan fingerprint density at radius 1 is 1.53 bits per heavy atom. The maximum Gasteiger partial charge on any atom is 0.0944 e. The van der Waals surface area contributed by atoms with Crippen molar-refractivity contribution in [3.8, 4) is 0 Å². The van der Waals surface area contributed by atoms with E-state index in [4.69, 9.17) is 17.3 Å². The van der Waals surface area contributed by atoms with Crippen LogP contribution in [0.25, 0.3) is 16.5 Å². The Balaban J connectivity index is 2.37. The fraction of sp³-hybridized carbons (Fsp3) is 0.308. The number of aryl methyl sites for hydroxylation is 1. The normalized spacial score (nSPS) is 17.0. The zero-order valence-corrected chi connectivity index (χ0v) is 10.5. The molecule has 0 unspecified atom stereocenters. The van der Waals surface area contributed by atoms with Gasteiger partial charge in [-0.25, -0.2) is 0 Å². The zero-order chi connectivity index (χ0) is 12.0. The van der Waals surface area contributed by atoms with Gasteiger partial charge in [0.1, 0.15) is 0 Å². The van der Waals surface area contributed by atoms with Crippen molar-refractivity contribution in [1.82, 2.24) is 9.78 Å². The lowest BCUT2D eigenvalue weighted by atomic mass is 10.0. The van der Waals surface area contributed by atoms with E-state index in [9.17, 15) is 0 Å². The number of allylic oxidation sites excluding steroid dienone is 1. The summed E-state index contributed by atoms with van der Waals surface area (Å²) < 4.78 is 1.83. The fourth-order valence-corrected chi connectivity index (χ4v) is 2.93. The number of halogens is 1. The van der Waals surface area contributed by atoms with Crippen LogP contribution in [0.4, 0.5) is 0 Å². The molecule has 0 bridgehead atoms. The number of fused-ring (bicyclic) bond motifs is 3. The van der Waals surface area contributed by atoms with Gasteiger partial charge in [0.05, 0.1) is 5.52 Å². The van der Waals surface area contributed by atoms with Gasteiger partial charge in [-0.3, -0.25) is 4.68 Å². The Morgan fingerprint density at radius 3 is 3.12 bits per heavy atom. The lowest BCUT2D eigenvalue weighted by molar-refractivity contribution is 0.779. The van der Waals surface area contributed by atoms with Crippen molar-refractivity contribution in [3.63, 3.8) is 0 Å². The molecule has 17 heavy (non-hydrogen) atoms. The van der Waals surface area contributed by atoms with Gasteiger partial charge < -0.3 is 5.73 Å². The smallest absolute Gasteiger partial charge is 0.0944 e. The van der Waals surface area contributed by atoms with Gasteiger partial charge in [0.15, 0.2) is 0 Å². The van der Waals surface area contributed by atoms with Gasteiger partial charge in [-0.2, -0.15) is 5.10 Å². The SMILES string of the molecule is Cn1cc2c3c(c(Cl)cc2n1)CCC3=CCN. The van der Waals surface area contributed by atoms with Crippen LogP contribution in [0.15, 0.2) is 18.3 Å². The molecular formula is C13H14ClN3. The van der Waals surface area contributed by atoms with Crippen molar-refractivity contribution in [1.29, 1.82) is 0 Å².